The molecule has 4 saturated heterocycles. The fraction of sp³-hybridized carbons (Fsp3) is 0.373. The molecule has 9 rings (SSSR count). The predicted octanol–water partition coefficient (Wildman–Crippen LogP) is 8.02. The number of ether oxygens (including phenoxy) is 12. The van der Waals surface area contributed by atoms with Gasteiger partial charge in [0.25, 0.3) is 0 Å². The molecule has 12 nitrogen and oxygen atoms in total. The maximum absolute atomic E-state index is 7.33. The van der Waals surface area contributed by atoms with Crippen molar-refractivity contribution in [1.29, 1.82) is 0 Å². The minimum Gasteiger partial charge on any atom is -0.497 e. The van der Waals surface area contributed by atoms with Gasteiger partial charge >= 0.3 is 0 Å². The van der Waals surface area contributed by atoms with Crippen molar-refractivity contribution in [1.82, 2.24) is 0 Å². The molecule has 0 aromatic heterocycles. The van der Waals surface area contributed by atoms with Crippen LogP contribution in [0.4, 0.5) is 0 Å². The van der Waals surface area contributed by atoms with Crippen LogP contribution in [0.15, 0.2) is 158 Å². The van der Waals surface area contributed by atoms with Gasteiger partial charge in [0.15, 0.2) is 25.2 Å². The summed E-state index contributed by atoms with van der Waals surface area (Å²) in [7, 11) is 1.65. The zero-order chi connectivity index (χ0) is 42.8. The van der Waals surface area contributed by atoms with Crippen LogP contribution in [-0.4, -0.2) is 88.3 Å². The lowest BCUT2D eigenvalue weighted by Crippen LogP contribution is -2.68. The topological polar surface area (TPSA) is 111 Å². The third kappa shape index (κ3) is 10.6. The van der Waals surface area contributed by atoms with E-state index in [1.807, 2.05) is 146 Å². The maximum Gasteiger partial charge on any atom is 0.187 e. The van der Waals surface area contributed by atoms with Crippen molar-refractivity contribution in [2.24, 2.45) is 0 Å². The maximum atomic E-state index is 7.33. The summed E-state index contributed by atoms with van der Waals surface area (Å²) in [5.74, 6) is 0.750. The van der Waals surface area contributed by atoms with E-state index in [0.717, 1.165) is 33.6 Å². The van der Waals surface area contributed by atoms with Crippen LogP contribution in [0, 0.1) is 0 Å². The van der Waals surface area contributed by atoms with Gasteiger partial charge in [-0.3, -0.25) is 0 Å². The SMILES string of the molecule is C=CCO[C@@H]1O[C@@H]2COC(c3ccccc3)O[C@@H]2[C@H](O[C@H]2O[C@@H]3COC(c4ccccc4)O[C@@H]3[C@H](OCc3ccc(OC)cc3)[C@H]2OCc2ccccc2)[C@H]1OCc1ccccc1. The summed E-state index contributed by atoms with van der Waals surface area (Å²) in [4.78, 5) is 0. The lowest BCUT2D eigenvalue weighted by molar-refractivity contribution is -0.412. The Labute approximate surface area is 368 Å². The van der Waals surface area contributed by atoms with Crippen molar-refractivity contribution in [3.8, 4) is 5.75 Å². The highest BCUT2D eigenvalue weighted by Gasteiger charge is 2.57. The van der Waals surface area contributed by atoms with Crippen LogP contribution in [0.2, 0.25) is 0 Å². The van der Waals surface area contributed by atoms with E-state index in [-0.39, 0.29) is 39.6 Å². The second-order valence-corrected chi connectivity index (χ2v) is 15.8. The first kappa shape index (κ1) is 43.5. The van der Waals surface area contributed by atoms with E-state index in [2.05, 4.69) is 6.58 Å². The molecular formula is C51H54O12. The van der Waals surface area contributed by atoms with Gasteiger partial charge in [-0.15, -0.1) is 6.58 Å². The van der Waals surface area contributed by atoms with Gasteiger partial charge in [0.1, 0.15) is 54.6 Å². The molecule has 2 unspecified atom stereocenters. The van der Waals surface area contributed by atoms with Crippen LogP contribution in [0.5, 0.6) is 5.75 Å². The first-order valence-electron chi connectivity index (χ1n) is 21.5. The molecule has 0 N–H and O–H groups in total. The van der Waals surface area contributed by atoms with Crippen LogP contribution in [-0.2, 0) is 71.9 Å². The van der Waals surface area contributed by atoms with E-state index in [0.29, 0.717) is 0 Å². The van der Waals surface area contributed by atoms with Crippen molar-refractivity contribution in [3.63, 3.8) is 0 Å². The van der Waals surface area contributed by atoms with E-state index in [1.165, 1.54) is 0 Å². The first-order valence-corrected chi connectivity index (χ1v) is 21.5. The van der Waals surface area contributed by atoms with E-state index in [9.17, 15) is 0 Å². The summed E-state index contributed by atoms with van der Waals surface area (Å²) in [6.45, 7) is 5.26. The highest BCUT2D eigenvalue weighted by atomic mass is 16.8. The minimum atomic E-state index is -1.04. The molecular weight excluding hydrogens is 805 g/mol. The van der Waals surface area contributed by atoms with Crippen molar-refractivity contribution < 1.29 is 56.8 Å². The third-order valence-electron chi connectivity index (χ3n) is 11.6. The van der Waals surface area contributed by atoms with Crippen molar-refractivity contribution in [2.75, 3.05) is 26.9 Å². The molecule has 0 spiro atoms. The Kier molecular flexibility index (Phi) is 14.7. The average molecular weight is 859 g/mol. The molecule has 63 heavy (non-hydrogen) atoms. The van der Waals surface area contributed by atoms with E-state index < -0.39 is 74.0 Å². The Bertz CT molecular complexity index is 2130. The fourth-order valence-electron chi connectivity index (χ4n) is 8.36. The summed E-state index contributed by atoms with van der Waals surface area (Å²) in [5.41, 5.74) is 4.61. The van der Waals surface area contributed by atoms with Gasteiger partial charge in [0, 0.05) is 11.1 Å². The Hall–Kier alpha value is -4.80. The van der Waals surface area contributed by atoms with Gasteiger partial charge in [0.05, 0.1) is 46.8 Å². The van der Waals surface area contributed by atoms with Gasteiger partial charge in [-0.1, -0.05) is 140 Å². The largest absolute Gasteiger partial charge is 0.497 e. The average Bonchev–Trinajstić information content (AvgIpc) is 3.35. The van der Waals surface area contributed by atoms with Crippen LogP contribution in [0.1, 0.15) is 40.4 Å². The van der Waals surface area contributed by atoms with Crippen LogP contribution >= 0.6 is 0 Å². The van der Waals surface area contributed by atoms with Gasteiger partial charge in [0.2, 0.25) is 0 Å². The molecule has 5 aromatic carbocycles. The smallest absolute Gasteiger partial charge is 0.187 e. The van der Waals surface area contributed by atoms with Gasteiger partial charge in [-0.05, 0) is 28.8 Å². The van der Waals surface area contributed by atoms with Crippen LogP contribution in [0.3, 0.4) is 0 Å². The minimum absolute atomic E-state index is 0.206. The van der Waals surface area contributed by atoms with Gasteiger partial charge in [-0.2, -0.15) is 0 Å². The highest BCUT2D eigenvalue weighted by Crippen LogP contribution is 2.42. The van der Waals surface area contributed by atoms with Crippen molar-refractivity contribution in [3.05, 3.63) is 186 Å². The normalized spacial score (nSPS) is 30.4. The molecule has 0 aliphatic carbocycles. The number of rotatable bonds is 17. The molecule has 4 aliphatic rings. The standard InChI is InChI=1S/C51H54O12/c1-3-28-53-50-47(56-30-35-18-10-5-11-19-35)45(43-41(59-50)33-58-49(62-43)38-22-14-7-15-23-38)63-51-46(55-29-34-16-8-4-9-17-34)44(54-31-36-24-26-39(52-2)27-25-36)42-40(60-51)32-57-48(61-42)37-20-12-6-13-21-37/h3-27,40-51H,1,28-33H2,2H3/t40-,41-,42+,43+,44+,45+,46-,47-,48?,49?,50-,51-/m1/s1. The third-order valence-corrected chi connectivity index (χ3v) is 11.6. The Morgan fingerprint density at radius 3 is 1.44 bits per heavy atom. The second-order valence-electron chi connectivity index (χ2n) is 15.8. The number of benzene rings is 5. The van der Waals surface area contributed by atoms with Crippen molar-refractivity contribution >= 4 is 0 Å². The van der Waals surface area contributed by atoms with Crippen molar-refractivity contribution in [2.45, 2.75) is 93.8 Å². The molecule has 330 valence electrons. The zero-order valence-corrected chi connectivity index (χ0v) is 35.2. The molecule has 4 fully saturated rings. The lowest BCUT2D eigenvalue weighted by atomic mass is 9.95. The number of hydrogen-bond acceptors (Lipinski definition) is 12. The summed E-state index contributed by atoms with van der Waals surface area (Å²) in [6.07, 6.45) is -7.25. The van der Waals surface area contributed by atoms with E-state index in [4.69, 9.17) is 56.8 Å². The summed E-state index contributed by atoms with van der Waals surface area (Å²) < 4.78 is 79.6. The number of fused-ring (bicyclic) bond motifs is 2. The molecule has 5 aromatic rings. The fourth-order valence-corrected chi connectivity index (χ4v) is 8.36. The highest BCUT2D eigenvalue weighted by molar-refractivity contribution is 5.27. The quantitative estimate of drug-likeness (QED) is 0.0845. The van der Waals surface area contributed by atoms with Gasteiger partial charge in [-0.25, -0.2) is 0 Å². The molecule has 0 saturated carbocycles. The number of methoxy groups -OCH3 is 1. The first-order chi connectivity index (χ1) is 31.1. The monoisotopic (exact) mass is 858 g/mol. The Morgan fingerprint density at radius 2 is 0.937 bits per heavy atom. The lowest BCUT2D eigenvalue weighted by Gasteiger charge is -2.52. The second kappa shape index (κ2) is 21.3. The summed E-state index contributed by atoms with van der Waals surface area (Å²) >= 11 is 0. The molecule has 12 heteroatoms. The molecule has 0 bridgehead atoms. The van der Waals surface area contributed by atoms with Crippen LogP contribution in [0.25, 0.3) is 0 Å². The molecule has 4 aliphatic heterocycles. The zero-order valence-electron chi connectivity index (χ0n) is 35.2. The Morgan fingerprint density at radius 1 is 0.492 bits per heavy atom. The van der Waals surface area contributed by atoms with E-state index in [1.54, 1.807) is 13.2 Å². The summed E-state index contributed by atoms with van der Waals surface area (Å²) in [5, 5.41) is 0. The number of hydrogen-bond donors (Lipinski definition) is 0. The van der Waals surface area contributed by atoms with Gasteiger partial charge < -0.3 is 56.8 Å². The molecule has 0 amide bonds. The molecule has 0 radical (unpaired) electrons. The predicted molar refractivity (Wildman–Crippen MR) is 230 cm³/mol. The molecule has 4 heterocycles. The molecule has 12 atom stereocenters. The summed E-state index contributed by atoms with van der Waals surface area (Å²) in [6, 6.07) is 47.3. The Balaban J connectivity index is 1.08. The van der Waals surface area contributed by atoms with E-state index >= 15 is 0 Å². The van der Waals surface area contributed by atoms with Crippen LogP contribution < -0.4 is 4.74 Å².